The summed E-state index contributed by atoms with van der Waals surface area (Å²) < 4.78 is 0.150. The summed E-state index contributed by atoms with van der Waals surface area (Å²) >= 11 is 1.90. The lowest BCUT2D eigenvalue weighted by molar-refractivity contribution is -0.142. The van der Waals surface area contributed by atoms with Gasteiger partial charge in [0.05, 0.1) is 0 Å². The number of aliphatic carboxylic acids is 1. The van der Waals surface area contributed by atoms with Gasteiger partial charge in [-0.15, -0.1) is 0 Å². The van der Waals surface area contributed by atoms with Crippen LogP contribution in [0.5, 0.6) is 0 Å². The molecule has 1 aliphatic heterocycles. The number of carboxylic acid groups (broad SMARTS) is 1. The Morgan fingerprint density at radius 3 is 2.65 bits per heavy atom. The number of carbonyl (C=O) groups excluding carboxylic acids is 1. The standard InChI is InChI=1S/C11H20N2O3S/c1-8(14)12-9(10(15)16)6-13-4-5-17-11(2,3)7-13/h9H,4-7H2,1-3H3,(H,12,14)(H,15,16). The molecule has 1 aliphatic rings. The summed E-state index contributed by atoms with van der Waals surface area (Å²) in [5.74, 6) is -0.279. The van der Waals surface area contributed by atoms with Crippen molar-refractivity contribution in [1.29, 1.82) is 0 Å². The Morgan fingerprint density at radius 1 is 1.53 bits per heavy atom. The first-order valence-electron chi connectivity index (χ1n) is 5.66. The first-order valence-corrected chi connectivity index (χ1v) is 6.65. The largest absolute Gasteiger partial charge is 0.480 e. The third-order valence-corrected chi connectivity index (χ3v) is 3.92. The normalized spacial score (nSPS) is 21.8. The molecule has 0 bridgehead atoms. The first kappa shape index (κ1) is 14.3. The van der Waals surface area contributed by atoms with Gasteiger partial charge in [-0.2, -0.15) is 11.8 Å². The van der Waals surface area contributed by atoms with Gasteiger partial charge in [-0.05, 0) is 13.8 Å². The van der Waals surface area contributed by atoms with Crippen LogP contribution in [0.4, 0.5) is 0 Å². The highest BCUT2D eigenvalue weighted by Crippen LogP contribution is 2.29. The molecule has 0 aromatic carbocycles. The molecule has 1 heterocycles. The Labute approximate surface area is 106 Å². The maximum atomic E-state index is 11.0. The zero-order chi connectivity index (χ0) is 13.1. The van der Waals surface area contributed by atoms with Crippen LogP contribution < -0.4 is 5.32 Å². The molecule has 1 atom stereocenters. The van der Waals surface area contributed by atoms with Crippen molar-refractivity contribution in [2.75, 3.05) is 25.4 Å². The lowest BCUT2D eigenvalue weighted by Crippen LogP contribution is -2.52. The SMILES string of the molecule is CC(=O)NC(CN1CCSC(C)(C)C1)C(=O)O. The summed E-state index contributed by atoms with van der Waals surface area (Å²) in [6.07, 6.45) is 0. The van der Waals surface area contributed by atoms with Crippen molar-refractivity contribution in [3.8, 4) is 0 Å². The van der Waals surface area contributed by atoms with E-state index in [1.165, 1.54) is 6.92 Å². The van der Waals surface area contributed by atoms with Crippen molar-refractivity contribution in [2.24, 2.45) is 0 Å². The average Bonchev–Trinajstić information content (AvgIpc) is 2.14. The summed E-state index contributed by atoms with van der Waals surface area (Å²) in [6, 6.07) is -0.814. The number of nitrogens with zero attached hydrogens (tertiary/aromatic N) is 1. The molecule has 2 N–H and O–H groups in total. The molecule has 0 saturated carbocycles. The molecular formula is C11H20N2O3S. The van der Waals surface area contributed by atoms with Gasteiger partial charge in [-0.1, -0.05) is 0 Å². The highest BCUT2D eigenvalue weighted by atomic mass is 32.2. The van der Waals surface area contributed by atoms with Crippen LogP contribution >= 0.6 is 11.8 Å². The van der Waals surface area contributed by atoms with Crippen LogP contribution in [-0.2, 0) is 9.59 Å². The second kappa shape index (κ2) is 5.73. The predicted molar refractivity (Wildman–Crippen MR) is 68.2 cm³/mol. The molecule has 1 fully saturated rings. The molecule has 98 valence electrons. The molecular weight excluding hydrogens is 240 g/mol. The van der Waals surface area contributed by atoms with Crippen molar-refractivity contribution in [3.63, 3.8) is 0 Å². The van der Waals surface area contributed by atoms with Crippen molar-refractivity contribution in [1.82, 2.24) is 10.2 Å². The zero-order valence-electron chi connectivity index (χ0n) is 10.5. The average molecular weight is 260 g/mol. The van der Waals surface area contributed by atoms with Gasteiger partial charge in [0.15, 0.2) is 0 Å². The molecule has 17 heavy (non-hydrogen) atoms. The number of carbonyl (C=O) groups is 2. The molecule has 1 saturated heterocycles. The molecule has 0 aliphatic carbocycles. The van der Waals surface area contributed by atoms with E-state index in [0.717, 1.165) is 18.8 Å². The Hall–Kier alpha value is -0.750. The van der Waals surface area contributed by atoms with Crippen LogP contribution in [0.1, 0.15) is 20.8 Å². The van der Waals surface area contributed by atoms with Crippen LogP contribution in [0, 0.1) is 0 Å². The number of thioether (sulfide) groups is 1. The Balaban J connectivity index is 2.55. The van der Waals surface area contributed by atoms with E-state index in [-0.39, 0.29) is 10.7 Å². The van der Waals surface area contributed by atoms with E-state index in [1.54, 1.807) is 0 Å². The summed E-state index contributed by atoms with van der Waals surface area (Å²) in [5, 5.41) is 11.5. The monoisotopic (exact) mass is 260 g/mol. The van der Waals surface area contributed by atoms with E-state index < -0.39 is 12.0 Å². The van der Waals surface area contributed by atoms with Gasteiger partial charge in [-0.3, -0.25) is 9.69 Å². The van der Waals surface area contributed by atoms with E-state index >= 15 is 0 Å². The minimum Gasteiger partial charge on any atom is -0.480 e. The molecule has 0 aromatic rings. The van der Waals surface area contributed by atoms with E-state index in [4.69, 9.17) is 5.11 Å². The zero-order valence-corrected chi connectivity index (χ0v) is 11.3. The summed E-state index contributed by atoms with van der Waals surface area (Å²) in [7, 11) is 0. The van der Waals surface area contributed by atoms with Crippen molar-refractivity contribution in [3.05, 3.63) is 0 Å². The fraction of sp³-hybridized carbons (Fsp3) is 0.818. The fourth-order valence-electron chi connectivity index (χ4n) is 1.96. The fourth-order valence-corrected chi connectivity index (χ4v) is 3.14. The summed E-state index contributed by atoms with van der Waals surface area (Å²) in [6.45, 7) is 7.74. The van der Waals surface area contributed by atoms with Crippen LogP contribution in [0.2, 0.25) is 0 Å². The number of hydrogen-bond donors (Lipinski definition) is 2. The Morgan fingerprint density at radius 2 is 2.18 bits per heavy atom. The van der Waals surface area contributed by atoms with Gasteiger partial charge in [0.25, 0.3) is 0 Å². The quantitative estimate of drug-likeness (QED) is 0.766. The van der Waals surface area contributed by atoms with Gasteiger partial charge in [0.1, 0.15) is 6.04 Å². The number of amides is 1. The van der Waals surface area contributed by atoms with E-state index in [0.29, 0.717) is 6.54 Å². The second-order valence-electron chi connectivity index (χ2n) is 4.93. The Bertz CT molecular complexity index is 307. The van der Waals surface area contributed by atoms with Gasteiger partial charge >= 0.3 is 5.97 Å². The molecule has 1 rings (SSSR count). The highest BCUT2D eigenvalue weighted by Gasteiger charge is 2.30. The number of nitrogens with one attached hydrogen (secondary N) is 1. The third kappa shape index (κ3) is 4.95. The molecule has 0 spiro atoms. The topological polar surface area (TPSA) is 69.6 Å². The minimum atomic E-state index is -0.976. The molecule has 0 aromatic heterocycles. The lowest BCUT2D eigenvalue weighted by Gasteiger charge is -2.38. The van der Waals surface area contributed by atoms with Crippen LogP contribution in [0.25, 0.3) is 0 Å². The second-order valence-corrected chi connectivity index (χ2v) is 6.74. The first-order chi connectivity index (χ1) is 7.80. The number of hydrogen-bond acceptors (Lipinski definition) is 4. The molecule has 0 radical (unpaired) electrons. The molecule has 1 unspecified atom stereocenters. The minimum absolute atomic E-state index is 0.150. The Kier molecular flexibility index (Phi) is 4.82. The maximum Gasteiger partial charge on any atom is 0.327 e. The van der Waals surface area contributed by atoms with Gasteiger partial charge in [0.2, 0.25) is 5.91 Å². The van der Waals surface area contributed by atoms with Gasteiger partial charge in [0, 0.05) is 37.1 Å². The van der Waals surface area contributed by atoms with Crippen molar-refractivity contribution in [2.45, 2.75) is 31.6 Å². The van der Waals surface area contributed by atoms with Crippen LogP contribution in [0.3, 0.4) is 0 Å². The van der Waals surface area contributed by atoms with Crippen molar-refractivity contribution >= 4 is 23.6 Å². The van der Waals surface area contributed by atoms with Crippen molar-refractivity contribution < 1.29 is 14.7 Å². The smallest absolute Gasteiger partial charge is 0.327 e. The molecule has 6 heteroatoms. The van der Waals surface area contributed by atoms with E-state index in [9.17, 15) is 9.59 Å². The highest BCUT2D eigenvalue weighted by molar-refractivity contribution is 8.00. The van der Waals surface area contributed by atoms with Gasteiger partial charge < -0.3 is 10.4 Å². The summed E-state index contributed by atoms with van der Waals surface area (Å²) in [5.41, 5.74) is 0. The number of carboxylic acids is 1. The van der Waals surface area contributed by atoms with Crippen LogP contribution in [0.15, 0.2) is 0 Å². The molecule has 5 nitrogen and oxygen atoms in total. The third-order valence-electron chi connectivity index (χ3n) is 2.62. The van der Waals surface area contributed by atoms with E-state index in [1.807, 2.05) is 11.8 Å². The number of rotatable bonds is 4. The molecule has 1 amide bonds. The predicted octanol–water partition coefficient (Wildman–Crippen LogP) is 0.403. The lowest BCUT2D eigenvalue weighted by atomic mass is 10.1. The van der Waals surface area contributed by atoms with Crippen LogP contribution in [-0.4, -0.2) is 58.1 Å². The van der Waals surface area contributed by atoms with Gasteiger partial charge in [-0.25, -0.2) is 4.79 Å². The maximum absolute atomic E-state index is 11.0. The summed E-state index contributed by atoms with van der Waals surface area (Å²) in [4.78, 5) is 24.1. The van der Waals surface area contributed by atoms with E-state index in [2.05, 4.69) is 24.1 Å².